The number of sulfonamides is 1. The van der Waals surface area contributed by atoms with Crippen molar-refractivity contribution in [3.63, 3.8) is 0 Å². The molecular formula is C21H25N2O2S+. The number of fused-ring (bicyclic) bond motifs is 3. The lowest BCUT2D eigenvalue weighted by Crippen LogP contribution is -3.11. The summed E-state index contributed by atoms with van der Waals surface area (Å²) in [6.07, 6.45) is 2.58. The van der Waals surface area contributed by atoms with Gasteiger partial charge < -0.3 is 4.90 Å². The third kappa shape index (κ3) is 3.06. The molecule has 0 aromatic heterocycles. The summed E-state index contributed by atoms with van der Waals surface area (Å²) in [6, 6.07) is 15.8. The molecule has 2 aromatic carbocycles. The lowest BCUT2D eigenvalue weighted by atomic mass is 9.89. The minimum atomic E-state index is -3.53. The molecule has 3 atom stereocenters. The molecule has 2 aliphatic rings. The number of benzene rings is 2. The van der Waals surface area contributed by atoms with Crippen LogP contribution in [0.25, 0.3) is 6.08 Å². The van der Waals surface area contributed by atoms with Gasteiger partial charge in [-0.2, -0.15) is 0 Å². The van der Waals surface area contributed by atoms with E-state index in [2.05, 4.69) is 20.0 Å². The highest BCUT2D eigenvalue weighted by Gasteiger charge is 2.47. The number of rotatable bonds is 3. The van der Waals surface area contributed by atoms with Crippen LogP contribution in [0.15, 0.2) is 53.9 Å². The maximum Gasteiger partial charge on any atom is 0.257 e. The third-order valence-corrected chi connectivity index (χ3v) is 7.02. The number of nitrogens with zero attached hydrogens (tertiary/aromatic N) is 1. The SMILES string of the molecule is Cc1ccc2c(c1)[C@@H]1C[NH+](C)CC[C@@H]1N2S(=O)(=O)/C=C/c1ccccc1. The summed E-state index contributed by atoms with van der Waals surface area (Å²) >= 11 is 0. The van der Waals surface area contributed by atoms with E-state index in [4.69, 9.17) is 0 Å². The van der Waals surface area contributed by atoms with Crippen molar-refractivity contribution in [1.29, 1.82) is 0 Å². The maximum absolute atomic E-state index is 13.2. The van der Waals surface area contributed by atoms with Crippen LogP contribution in [-0.4, -0.2) is 34.6 Å². The summed E-state index contributed by atoms with van der Waals surface area (Å²) in [5, 5.41) is 1.36. The predicted molar refractivity (Wildman–Crippen MR) is 106 cm³/mol. The number of hydrogen-bond donors (Lipinski definition) is 1. The van der Waals surface area contributed by atoms with Crippen molar-refractivity contribution >= 4 is 21.8 Å². The van der Waals surface area contributed by atoms with Gasteiger partial charge in [0.25, 0.3) is 10.0 Å². The van der Waals surface area contributed by atoms with Crippen molar-refractivity contribution in [1.82, 2.24) is 0 Å². The van der Waals surface area contributed by atoms with Crippen LogP contribution in [0.4, 0.5) is 5.69 Å². The topological polar surface area (TPSA) is 41.8 Å². The summed E-state index contributed by atoms with van der Waals surface area (Å²) in [7, 11) is -1.34. The second kappa shape index (κ2) is 6.56. The largest absolute Gasteiger partial charge is 0.337 e. The first-order valence-electron chi connectivity index (χ1n) is 9.15. The molecule has 2 heterocycles. The fourth-order valence-electron chi connectivity index (χ4n) is 4.28. The highest BCUT2D eigenvalue weighted by Crippen LogP contribution is 2.44. The smallest absolute Gasteiger partial charge is 0.257 e. The van der Waals surface area contributed by atoms with Gasteiger partial charge in [0.05, 0.1) is 43.2 Å². The Morgan fingerprint density at radius 3 is 2.69 bits per heavy atom. The van der Waals surface area contributed by atoms with E-state index in [1.165, 1.54) is 21.4 Å². The van der Waals surface area contributed by atoms with Crippen LogP contribution in [0.5, 0.6) is 0 Å². The van der Waals surface area contributed by atoms with Gasteiger partial charge in [0.2, 0.25) is 0 Å². The molecule has 5 heteroatoms. The number of hydrogen-bond acceptors (Lipinski definition) is 2. The Bertz CT molecular complexity index is 938. The minimum absolute atomic E-state index is 0.0286. The second-order valence-electron chi connectivity index (χ2n) is 7.49. The first-order valence-corrected chi connectivity index (χ1v) is 10.7. The maximum atomic E-state index is 13.2. The van der Waals surface area contributed by atoms with Crippen LogP contribution >= 0.6 is 0 Å². The Labute approximate surface area is 155 Å². The summed E-state index contributed by atoms with van der Waals surface area (Å²) in [6.45, 7) is 4.05. The van der Waals surface area contributed by atoms with Crippen LogP contribution in [0.2, 0.25) is 0 Å². The van der Waals surface area contributed by atoms with Crippen molar-refractivity contribution in [2.45, 2.75) is 25.3 Å². The third-order valence-electron chi connectivity index (χ3n) is 5.53. The summed E-state index contributed by atoms with van der Waals surface area (Å²) in [5.74, 6) is 0.276. The number of anilines is 1. The van der Waals surface area contributed by atoms with E-state index in [9.17, 15) is 8.42 Å². The number of aryl methyl sites for hydroxylation is 1. The first kappa shape index (κ1) is 17.3. The van der Waals surface area contributed by atoms with E-state index in [1.54, 1.807) is 10.4 Å². The Balaban J connectivity index is 1.74. The van der Waals surface area contributed by atoms with Gasteiger partial charge in [0.1, 0.15) is 0 Å². The van der Waals surface area contributed by atoms with Crippen LogP contribution in [0, 0.1) is 6.92 Å². The van der Waals surface area contributed by atoms with E-state index >= 15 is 0 Å². The van der Waals surface area contributed by atoms with Crippen LogP contribution in [-0.2, 0) is 10.0 Å². The van der Waals surface area contributed by atoms with E-state index in [0.717, 1.165) is 30.8 Å². The molecule has 4 nitrogen and oxygen atoms in total. The minimum Gasteiger partial charge on any atom is -0.337 e. The average Bonchev–Trinajstić information content (AvgIpc) is 2.95. The van der Waals surface area contributed by atoms with Gasteiger partial charge in [-0.3, -0.25) is 4.31 Å². The molecule has 1 fully saturated rings. The van der Waals surface area contributed by atoms with Gasteiger partial charge in [-0.15, -0.1) is 0 Å². The molecule has 0 radical (unpaired) electrons. The Morgan fingerprint density at radius 2 is 1.92 bits per heavy atom. The van der Waals surface area contributed by atoms with Gasteiger partial charge in [-0.1, -0.05) is 48.0 Å². The van der Waals surface area contributed by atoms with Crippen molar-refractivity contribution in [2.24, 2.45) is 0 Å². The van der Waals surface area contributed by atoms with Gasteiger partial charge in [0.15, 0.2) is 0 Å². The average molecular weight is 370 g/mol. The van der Waals surface area contributed by atoms with Gasteiger partial charge >= 0.3 is 0 Å². The van der Waals surface area contributed by atoms with Gasteiger partial charge in [0, 0.05) is 6.42 Å². The molecule has 2 aromatic rings. The van der Waals surface area contributed by atoms with Crippen LogP contribution in [0.1, 0.15) is 29.0 Å². The Hall–Kier alpha value is -2.11. The van der Waals surface area contributed by atoms with Crippen LogP contribution in [0.3, 0.4) is 0 Å². The Kier molecular flexibility index (Phi) is 4.37. The summed E-state index contributed by atoms with van der Waals surface area (Å²) in [5.41, 5.74) is 4.12. The molecule has 0 spiro atoms. The quantitative estimate of drug-likeness (QED) is 0.901. The summed E-state index contributed by atoms with van der Waals surface area (Å²) < 4.78 is 28.1. The second-order valence-corrected chi connectivity index (χ2v) is 9.19. The first-order chi connectivity index (χ1) is 12.5. The molecular weight excluding hydrogens is 344 g/mol. The van der Waals surface area contributed by atoms with E-state index < -0.39 is 10.0 Å². The normalized spacial score (nSPS) is 25.3. The molecule has 1 saturated heterocycles. The highest BCUT2D eigenvalue weighted by atomic mass is 32.2. The van der Waals surface area contributed by atoms with E-state index in [0.29, 0.717) is 0 Å². The number of quaternary nitrogens is 1. The molecule has 26 heavy (non-hydrogen) atoms. The van der Waals surface area contributed by atoms with Crippen molar-refractivity contribution in [3.05, 3.63) is 70.6 Å². The molecule has 0 aliphatic carbocycles. The lowest BCUT2D eigenvalue weighted by Gasteiger charge is -2.34. The fraction of sp³-hybridized carbons (Fsp3) is 0.333. The van der Waals surface area contributed by atoms with E-state index in [1.807, 2.05) is 42.5 Å². The Morgan fingerprint density at radius 1 is 1.15 bits per heavy atom. The van der Waals surface area contributed by atoms with Crippen molar-refractivity contribution < 1.29 is 13.3 Å². The number of nitrogens with one attached hydrogen (secondary N) is 1. The molecule has 0 saturated carbocycles. The number of likely N-dealkylation sites (tertiary alicyclic amines) is 1. The molecule has 0 amide bonds. The van der Waals surface area contributed by atoms with Crippen molar-refractivity contribution in [3.8, 4) is 0 Å². The monoisotopic (exact) mass is 369 g/mol. The molecule has 136 valence electrons. The van der Waals surface area contributed by atoms with Crippen molar-refractivity contribution in [2.75, 3.05) is 24.4 Å². The molecule has 4 rings (SSSR count). The van der Waals surface area contributed by atoms with Gasteiger partial charge in [-0.25, -0.2) is 8.42 Å². The zero-order valence-electron chi connectivity index (χ0n) is 15.2. The van der Waals surface area contributed by atoms with Gasteiger partial charge in [-0.05, 0) is 30.2 Å². The summed E-state index contributed by atoms with van der Waals surface area (Å²) in [4.78, 5) is 1.47. The van der Waals surface area contributed by atoms with E-state index in [-0.39, 0.29) is 12.0 Å². The molecule has 1 N–H and O–H groups in total. The lowest BCUT2D eigenvalue weighted by molar-refractivity contribution is -0.886. The van der Waals surface area contributed by atoms with Crippen LogP contribution < -0.4 is 9.21 Å². The molecule has 2 aliphatic heterocycles. The predicted octanol–water partition coefficient (Wildman–Crippen LogP) is 2.19. The fourth-order valence-corrected chi connectivity index (χ4v) is 5.81. The number of piperidine rings is 1. The molecule has 1 unspecified atom stereocenters. The standard InChI is InChI=1S/C21H24N2O2S/c1-16-8-9-20-18(14-16)19-15-22(2)12-10-21(19)23(20)26(24,25)13-11-17-6-4-3-5-7-17/h3-9,11,13-14,19,21H,10,12,15H2,1-2H3/p+1/b13-11+/t19-,21-/m0/s1. The highest BCUT2D eigenvalue weighted by molar-refractivity contribution is 7.95. The zero-order chi connectivity index (χ0) is 18.3. The number of likely N-dealkylation sites (N-methyl/N-ethyl adjacent to an activating group) is 1. The molecule has 0 bridgehead atoms. The zero-order valence-corrected chi connectivity index (χ0v) is 16.0.